The zero-order valence-electron chi connectivity index (χ0n) is 11.6. The Morgan fingerprint density at radius 1 is 0.636 bits per heavy atom. The second-order valence-electron chi connectivity index (χ2n) is 4.66. The van der Waals surface area contributed by atoms with Crippen molar-refractivity contribution in [1.82, 2.24) is 0 Å². The van der Waals surface area contributed by atoms with Gasteiger partial charge >= 0.3 is 151 Å². The van der Waals surface area contributed by atoms with Crippen LogP contribution in [0.5, 0.6) is 0 Å². The fourth-order valence-corrected chi connectivity index (χ4v) is 7.71. The Kier molecular flexibility index (Phi) is 4.49. The zero-order valence-corrected chi connectivity index (χ0v) is 16.6. The van der Waals surface area contributed by atoms with Gasteiger partial charge in [0.1, 0.15) is 0 Å². The third-order valence-corrected chi connectivity index (χ3v) is 8.82. The molecular formula is C18H12S2Se2. The Balaban J connectivity index is 2.06. The average Bonchev–Trinajstić information content (AvgIpc) is 3.35. The van der Waals surface area contributed by atoms with Gasteiger partial charge in [0.25, 0.3) is 0 Å². The summed E-state index contributed by atoms with van der Waals surface area (Å²) in [5.41, 5.74) is 2.92. The van der Waals surface area contributed by atoms with Crippen LogP contribution in [0.2, 0.25) is 0 Å². The minimum absolute atomic E-state index is 0.453. The molecule has 0 bridgehead atoms. The Labute approximate surface area is 149 Å². The van der Waals surface area contributed by atoms with Crippen LogP contribution >= 0.6 is 22.7 Å². The van der Waals surface area contributed by atoms with Gasteiger partial charge in [-0.3, -0.25) is 0 Å². The second-order valence-corrected chi connectivity index (χ2v) is 10.5. The zero-order chi connectivity index (χ0) is 14.8. The van der Waals surface area contributed by atoms with Gasteiger partial charge in [-0.1, -0.05) is 0 Å². The molecule has 4 aromatic heterocycles. The minimum atomic E-state index is 0.453. The molecule has 0 fully saturated rings. The molecule has 0 N–H and O–H groups in total. The van der Waals surface area contributed by atoms with E-state index < -0.39 is 0 Å². The van der Waals surface area contributed by atoms with Gasteiger partial charge in [-0.2, -0.15) is 0 Å². The third-order valence-electron chi connectivity index (χ3n) is 3.32. The van der Waals surface area contributed by atoms with E-state index in [2.05, 4.69) is 69.2 Å². The molecule has 4 heterocycles. The molecule has 108 valence electrons. The van der Waals surface area contributed by atoms with Gasteiger partial charge in [0.15, 0.2) is 0 Å². The maximum absolute atomic E-state index is 2.32. The van der Waals surface area contributed by atoms with Crippen molar-refractivity contribution < 1.29 is 0 Å². The van der Waals surface area contributed by atoms with E-state index >= 15 is 0 Å². The van der Waals surface area contributed by atoms with E-state index in [1.807, 2.05) is 22.7 Å². The van der Waals surface area contributed by atoms with Crippen molar-refractivity contribution in [2.75, 3.05) is 0 Å². The molecule has 0 aromatic carbocycles. The van der Waals surface area contributed by atoms with Crippen molar-refractivity contribution in [3.63, 3.8) is 0 Å². The van der Waals surface area contributed by atoms with E-state index in [1.54, 1.807) is 0 Å². The molecule has 0 aliphatic heterocycles. The summed E-state index contributed by atoms with van der Waals surface area (Å²) >= 11 is 4.59. The predicted molar refractivity (Wildman–Crippen MR) is 100 cm³/mol. The van der Waals surface area contributed by atoms with Crippen LogP contribution in [0.3, 0.4) is 0 Å². The molecule has 0 saturated carbocycles. The van der Waals surface area contributed by atoms with Crippen LogP contribution in [0.4, 0.5) is 0 Å². The quantitative estimate of drug-likeness (QED) is 0.387. The van der Waals surface area contributed by atoms with Gasteiger partial charge in [0, 0.05) is 0 Å². The SMILES string of the molecule is c1csc(C(=C(c2ccc[se]2)c2ccc[se]2)c2cccs2)c1. The van der Waals surface area contributed by atoms with E-state index in [1.165, 1.54) is 29.8 Å². The first kappa shape index (κ1) is 14.7. The van der Waals surface area contributed by atoms with Crippen LogP contribution in [-0.4, -0.2) is 29.0 Å². The molecule has 0 aliphatic carbocycles. The number of thiophene rings is 2. The first-order valence-electron chi connectivity index (χ1n) is 6.83. The molecule has 0 amide bonds. The molecule has 0 aliphatic rings. The number of hydrogen-bond acceptors (Lipinski definition) is 2. The van der Waals surface area contributed by atoms with Crippen molar-refractivity contribution >= 4 is 62.8 Å². The fraction of sp³-hybridized carbons (Fsp3) is 0. The van der Waals surface area contributed by atoms with Gasteiger partial charge in [0.05, 0.1) is 0 Å². The second kappa shape index (κ2) is 6.72. The number of hydrogen-bond donors (Lipinski definition) is 0. The number of rotatable bonds is 4. The van der Waals surface area contributed by atoms with Crippen LogP contribution < -0.4 is 0 Å². The van der Waals surface area contributed by atoms with E-state index in [9.17, 15) is 0 Å². The van der Waals surface area contributed by atoms with Crippen LogP contribution in [-0.2, 0) is 0 Å². The molecule has 4 heteroatoms. The topological polar surface area (TPSA) is 0 Å². The predicted octanol–water partition coefficient (Wildman–Crippen LogP) is 4.93. The summed E-state index contributed by atoms with van der Waals surface area (Å²) in [6.07, 6.45) is 0. The van der Waals surface area contributed by atoms with Crippen LogP contribution in [0, 0.1) is 0 Å². The normalized spacial score (nSPS) is 10.7. The standard InChI is InChI=1S/C18H12S2Se2/c1-5-13(19-9-1)17(14-6-2-10-20-14)18(15-7-3-11-21-15)16-8-4-12-22-16/h1-12H. The summed E-state index contributed by atoms with van der Waals surface area (Å²) in [5.74, 6) is 0. The van der Waals surface area contributed by atoms with Crippen LogP contribution in [0.1, 0.15) is 18.6 Å². The van der Waals surface area contributed by atoms with Crippen molar-refractivity contribution in [3.8, 4) is 0 Å². The first-order chi connectivity index (χ1) is 10.9. The summed E-state index contributed by atoms with van der Waals surface area (Å²) in [6.45, 7) is 0. The molecule has 0 spiro atoms. The molecule has 22 heavy (non-hydrogen) atoms. The van der Waals surface area contributed by atoms with Crippen molar-refractivity contribution in [1.29, 1.82) is 0 Å². The summed E-state index contributed by atoms with van der Waals surface area (Å²) in [6, 6.07) is 17.9. The maximum atomic E-state index is 2.32. The van der Waals surface area contributed by atoms with Crippen molar-refractivity contribution in [3.05, 3.63) is 87.8 Å². The molecule has 4 aromatic rings. The van der Waals surface area contributed by atoms with Gasteiger partial charge in [-0.15, -0.1) is 0 Å². The van der Waals surface area contributed by atoms with Crippen LogP contribution in [0.25, 0.3) is 11.1 Å². The Morgan fingerprint density at radius 3 is 1.55 bits per heavy atom. The van der Waals surface area contributed by atoms with E-state index in [-0.39, 0.29) is 0 Å². The monoisotopic (exact) mass is 452 g/mol. The molecule has 0 atom stereocenters. The van der Waals surface area contributed by atoms with E-state index in [0.717, 1.165) is 0 Å². The summed E-state index contributed by atoms with van der Waals surface area (Å²) in [7, 11) is 0. The third kappa shape index (κ3) is 2.83. The van der Waals surface area contributed by atoms with Crippen LogP contribution in [0.15, 0.2) is 69.2 Å². The molecular weight excluding hydrogens is 438 g/mol. The van der Waals surface area contributed by atoms with Gasteiger partial charge < -0.3 is 0 Å². The summed E-state index contributed by atoms with van der Waals surface area (Å²) in [5, 5.41) is 4.36. The summed E-state index contributed by atoms with van der Waals surface area (Å²) in [4.78, 5) is 7.39. The van der Waals surface area contributed by atoms with Gasteiger partial charge in [-0.25, -0.2) is 0 Å². The Hall–Kier alpha value is -0.861. The molecule has 0 nitrogen and oxygen atoms in total. The Morgan fingerprint density at radius 2 is 1.18 bits per heavy atom. The van der Waals surface area contributed by atoms with Crippen molar-refractivity contribution in [2.24, 2.45) is 0 Å². The first-order valence-corrected chi connectivity index (χ1v) is 12.3. The van der Waals surface area contributed by atoms with Gasteiger partial charge in [-0.05, 0) is 0 Å². The Bertz CT molecular complexity index is 703. The van der Waals surface area contributed by atoms with E-state index in [4.69, 9.17) is 0 Å². The summed E-state index contributed by atoms with van der Waals surface area (Å²) < 4.78 is 3.03. The molecule has 0 unspecified atom stereocenters. The van der Waals surface area contributed by atoms with Gasteiger partial charge in [0.2, 0.25) is 0 Å². The average molecular weight is 450 g/mol. The van der Waals surface area contributed by atoms with E-state index in [0.29, 0.717) is 29.0 Å². The molecule has 0 saturated heterocycles. The fourth-order valence-electron chi connectivity index (χ4n) is 2.42. The molecule has 4 rings (SSSR count). The molecule has 0 radical (unpaired) electrons. The van der Waals surface area contributed by atoms with Crippen molar-refractivity contribution in [2.45, 2.75) is 0 Å².